The molecule has 37 heavy (non-hydrogen) atoms. The third-order valence-electron chi connectivity index (χ3n) is 7.35. The molecule has 0 amide bonds. The van der Waals surface area contributed by atoms with Crippen LogP contribution in [-0.4, -0.2) is 67.9 Å². The predicted octanol–water partition coefficient (Wildman–Crippen LogP) is 3.42. The average Bonchev–Trinajstić information content (AvgIpc) is 3.67. The lowest BCUT2D eigenvalue weighted by Crippen LogP contribution is -2.42. The maximum atomic E-state index is 9.88. The van der Waals surface area contributed by atoms with Crippen molar-refractivity contribution in [2.75, 3.05) is 43.5 Å². The van der Waals surface area contributed by atoms with Gasteiger partial charge in [0.25, 0.3) is 0 Å². The van der Waals surface area contributed by atoms with Gasteiger partial charge < -0.3 is 19.9 Å². The zero-order valence-electron chi connectivity index (χ0n) is 20.7. The first-order chi connectivity index (χ1) is 18.2. The minimum absolute atomic E-state index is 0.324. The third-order valence-corrected chi connectivity index (χ3v) is 7.35. The van der Waals surface area contributed by atoms with Crippen molar-refractivity contribution in [3.63, 3.8) is 0 Å². The van der Waals surface area contributed by atoms with Crippen LogP contribution in [0.25, 0.3) is 16.6 Å². The van der Waals surface area contributed by atoms with E-state index in [9.17, 15) is 10.5 Å². The predicted molar refractivity (Wildman–Crippen MR) is 139 cm³/mol. The largest absolute Gasteiger partial charge is 0.380 e. The number of hydrogen-bond donors (Lipinski definition) is 2. The van der Waals surface area contributed by atoms with E-state index in [0.717, 1.165) is 62.2 Å². The highest BCUT2D eigenvalue weighted by Crippen LogP contribution is 2.33. The Balaban J connectivity index is 1.28. The van der Waals surface area contributed by atoms with Gasteiger partial charge in [-0.15, -0.1) is 5.10 Å². The van der Waals surface area contributed by atoms with Gasteiger partial charge in [-0.1, -0.05) is 0 Å². The molecule has 11 heteroatoms. The Hall–Kier alpha value is -4.19. The third kappa shape index (κ3) is 4.22. The highest BCUT2D eigenvalue weighted by atomic mass is 16.5. The summed E-state index contributed by atoms with van der Waals surface area (Å²) >= 11 is 0. The van der Waals surface area contributed by atoms with E-state index in [1.807, 2.05) is 25.3 Å². The van der Waals surface area contributed by atoms with Crippen LogP contribution < -0.4 is 10.6 Å². The molecule has 0 aliphatic carbocycles. The van der Waals surface area contributed by atoms with Crippen molar-refractivity contribution < 1.29 is 4.74 Å². The highest BCUT2D eigenvalue weighted by molar-refractivity contribution is 5.90. The summed E-state index contributed by atoms with van der Waals surface area (Å²) in [5, 5.41) is 31.1. The van der Waals surface area contributed by atoms with E-state index in [4.69, 9.17) is 4.74 Å². The summed E-state index contributed by atoms with van der Waals surface area (Å²) in [7, 11) is 0. The minimum atomic E-state index is 0.324. The molecular weight excluding hydrogens is 468 g/mol. The summed E-state index contributed by atoms with van der Waals surface area (Å²) in [6, 6.07) is 11.4. The standard InChI is InChI=1S/C26H28N10O/c1-2-29-24-25-30-14-21(13-28)36(25)33-26(32-24)31-18-3-4-23-22(11-18)17(12-27)15-35(23)19-5-8-34(9-6-19)20-7-10-37-16-20/h3-4,11,14-15,19-20H,2,5-10,16H2,1H3,(H2,29,31,32,33)/t20-/m1/s1. The SMILES string of the molecule is CCNc1nc(Nc2ccc3c(c2)c(C#N)cn3C2CCN([C@@H]3CCOC3)CC2)nn2c(C#N)cnc12. The lowest BCUT2D eigenvalue weighted by molar-refractivity contribution is 0.112. The van der Waals surface area contributed by atoms with E-state index in [1.54, 1.807) is 0 Å². The van der Waals surface area contributed by atoms with Crippen LogP contribution in [0.5, 0.6) is 0 Å². The van der Waals surface area contributed by atoms with Gasteiger partial charge in [0.2, 0.25) is 5.95 Å². The first-order valence-corrected chi connectivity index (χ1v) is 12.7. The summed E-state index contributed by atoms with van der Waals surface area (Å²) in [5.74, 6) is 0.875. The van der Waals surface area contributed by atoms with E-state index in [-0.39, 0.29) is 0 Å². The highest BCUT2D eigenvalue weighted by Gasteiger charge is 2.29. The molecule has 2 N–H and O–H groups in total. The van der Waals surface area contributed by atoms with Crippen molar-refractivity contribution in [3.8, 4) is 12.1 Å². The topological polar surface area (TPSA) is 132 Å². The number of likely N-dealkylation sites (tertiary alicyclic amines) is 1. The van der Waals surface area contributed by atoms with Gasteiger partial charge in [-0.2, -0.15) is 20.0 Å². The number of nitriles is 2. The lowest BCUT2D eigenvalue weighted by atomic mass is 10.0. The molecule has 3 aromatic heterocycles. The van der Waals surface area contributed by atoms with Crippen molar-refractivity contribution in [2.45, 2.75) is 38.3 Å². The second kappa shape index (κ2) is 9.69. The second-order valence-electron chi connectivity index (χ2n) is 9.51. The van der Waals surface area contributed by atoms with E-state index in [2.05, 4.69) is 53.4 Å². The Kier molecular flexibility index (Phi) is 6.08. The number of ether oxygens (including phenoxy) is 1. The van der Waals surface area contributed by atoms with E-state index >= 15 is 0 Å². The molecule has 5 heterocycles. The van der Waals surface area contributed by atoms with Crippen LogP contribution in [0.3, 0.4) is 0 Å². The molecule has 0 unspecified atom stereocenters. The molecule has 2 aliphatic heterocycles. The quantitative estimate of drug-likeness (QED) is 0.412. The Morgan fingerprint density at radius 3 is 2.73 bits per heavy atom. The van der Waals surface area contributed by atoms with E-state index in [0.29, 0.717) is 47.3 Å². The number of hydrogen-bond acceptors (Lipinski definition) is 9. The minimum Gasteiger partial charge on any atom is -0.380 e. The fraction of sp³-hybridized carbons (Fsp3) is 0.423. The first kappa shape index (κ1) is 23.2. The molecule has 0 spiro atoms. The molecule has 4 aromatic rings. The Morgan fingerprint density at radius 2 is 2.00 bits per heavy atom. The van der Waals surface area contributed by atoms with Crippen LogP contribution >= 0.6 is 0 Å². The molecule has 2 fully saturated rings. The van der Waals surface area contributed by atoms with Crippen molar-refractivity contribution in [2.24, 2.45) is 0 Å². The summed E-state index contributed by atoms with van der Waals surface area (Å²) < 4.78 is 9.33. The van der Waals surface area contributed by atoms with Gasteiger partial charge in [-0.25, -0.2) is 4.98 Å². The van der Waals surface area contributed by atoms with Gasteiger partial charge in [0.1, 0.15) is 12.1 Å². The Bertz CT molecular complexity index is 1530. The zero-order chi connectivity index (χ0) is 25.4. The van der Waals surface area contributed by atoms with Crippen LogP contribution in [-0.2, 0) is 4.74 Å². The number of rotatable bonds is 6. The van der Waals surface area contributed by atoms with Crippen LogP contribution in [0.2, 0.25) is 0 Å². The molecular formula is C26H28N10O. The van der Waals surface area contributed by atoms with Crippen LogP contribution in [0.1, 0.15) is 43.5 Å². The van der Waals surface area contributed by atoms with E-state index in [1.165, 1.54) is 10.7 Å². The Morgan fingerprint density at radius 1 is 1.14 bits per heavy atom. The van der Waals surface area contributed by atoms with Crippen LogP contribution in [0.4, 0.5) is 17.5 Å². The Labute approximate surface area is 214 Å². The smallest absolute Gasteiger partial charge is 0.247 e. The monoisotopic (exact) mass is 496 g/mol. The maximum absolute atomic E-state index is 9.88. The number of fused-ring (bicyclic) bond motifs is 2. The summed E-state index contributed by atoms with van der Waals surface area (Å²) in [5.41, 5.74) is 3.28. The van der Waals surface area contributed by atoms with Crippen LogP contribution in [0.15, 0.2) is 30.6 Å². The van der Waals surface area contributed by atoms with Gasteiger partial charge in [0.05, 0.1) is 18.4 Å². The molecule has 2 aliphatic rings. The number of anilines is 3. The molecule has 11 nitrogen and oxygen atoms in total. The van der Waals surface area contributed by atoms with E-state index < -0.39 is 0 Å². The van der Waals surface area contributed by atoms with Crippen LogP contribution in [0, 0.1) is 22.7 Å². The fourth-order valence-electron chi connectivity index (χ4n) is 5.49. The van der Waals surface area contributed by atoms with Gasteiger partial charge >= 0.3 is 0 Å². The maximum Gasteiger partial charge on any atom is 0.247 e. The molecule has 2 saturated heterocycles. The second-order valence-corrected chi connectivity index (χ2v) is 9.51. The molecule has 6 rings (SSSR count). The number of benzene rings is 1. The molecule has 188 valence electrons. The van der Waals surface area contributed by atoms with Gasteiger partial charge in [0.15, 0.2) is 17.2 Å². The zero-order valence-corrected chi connectivity index (χ0v) is 20.7. The average molecular weight is 497 g/mol. The number of nitrogens with zero attached hydrogens (tertiary/aromatic N) is 8. The van der Waals surface area contributed by atoms with Crippen molar-refractivity contribution in [3.05, 3.63) is 41.9 Å². The van der Waals surface area contributed by atoms with Gasteiger partial charge in [-0.3, -0.25) is 4.90 Å². The van der Waals surface area contributed by atoms with Crippen molar-refractivity contribution >= 4 is 34.0 Å². The molecule has 0 radical (unpaired) electrons. The summed E-state index contributed by atoms with van der Waals surface area (Å²) in [6.45, 7) is 6.43. The van der Waals surface area contributed by atoms with Gasteiger partial charge in [-0.05, 0) is 44.4 Å². The summed E-state index contributed by atoms with van der Waals surface area (Å²) in [6.07, 6.45) is 6.70. The molecule has 1 atom stereocenters. The molecule has 0 bridgehead atoms. The fourth-order valence-corrected chi connectivity index (χ4v) is 5.49. The van der Waals surface area contributed by atoms with Crippen molar-refractivity contribution in [1.82, 2.24) is 29.0 Å². The van der Waals surface area contributed by atoms with Crippen molar-refractivity contribution in [1.29, 1.82) is 10.5 Å². The van der Waals surface area contributed by atoms with Gasteiger partial charge in [0, 0.05) is 61.1 Å². The number of nitrogens with one attached hydrogen (secondary N) is 2. The number of imidazole rings is 1. The normalized spacial score (nSPS) is 18.7. The first-order valence-electron chi connectivity index (χ1n) is 12.7. The molecule has 0 saturated carbocycles. The number of aromatic nitrogens is 5. The molecule has 1 aromatic carbocycles. The summed E-state index contributed by atoms with van der Waals surface area (Å²) in [4.78, 5) is 11.4. The lowest BCUT2D eigenvalue weighted by Gasteiger charge is -2.36. The number of piperidine rings is 1.